The molecular formula is C20H20FN5OS. The van der Waals surface area contributed by atoms with Crippen molar-refractivity contribution in [3.05, 3.63) is 51.3 Å². The lowest BCUT2D eigenvalue weighted by Gasteiger charge is -2.28. The van der Waals surface area contributed by atoms with Gasteiger partial charge in [-0.1, -0.05) is 0 Å². The van der Waals surface area contributed by atoms with E-state index in [0.29, 0.717) is 27.5 Å². The van der Waals surface area contributed by atoms with Crippen molar-refractivity contribution in [2.75, 3.05) is 20.1 Å². The van der Waals surface area contributed by atoms with Crippen LogP contribution in [0.4, 0.5) is 4.39 Å². The first-order valence-electron chi connectivity index (χ1n) is 9.35. The zero-order valence-electron chi connectivity index (χ0n) is 15.7. The average Bonchev–Trinajstić information content (AvgIpc) is 3.26. The number of likely N-dealkylation sites (tertiary alicyclic amines) is 1. The molecule has 28 heavy (non-hydrogen) atoms. The van der Waals surface area contributed by atoms with Crippen LogP contribution in [0.25, 0.3) is 27.3 Å². The van der Waals surface area contributed by atoms with Gasteiger partial charge in [0.15, 0.2) is 11.5 Å². The number of aromatic nitrogens is 4. The van der Waals surface area contributed by atoms with Gasteiger partial charge in [-0.15, -0.1) is 11.3 Å². The summed E-state index contributed by atoms with van der Waals surface area (Å²) in [6.45, 7) is 3.95. The van der Waals surface area contributed by atoms with E-state index in [2.05, 4.69) is 26.9 Å². The summed E-state index contributed by atoms with van der Waals surface area (Å²) >= 11 is 1.58. The molecule has 0 bridgehead atoms. The number of hydrogen-bond donors (Lipinski definition) is 1. The normalized spacial score (nSPS) is 16.4. The van der Waals surface area contributed by atoms with E-state index < -0.39 is 5.82 Å². The molecule has 0 spiro atoms. The highest BCUT2D eigenvalue weighted by molar-refractivity contribution is 7.18. The van der Waals surface area contributed by atoms with Crippen LogP contribution in [-0.4, -0.2) is 44.4 Å². The molecule has 0 aliphatic carbocycles. The minimum absolute atomic E-state index is 0.183. The predicted molar refractivity (Wildman–Crippen MR) is 109 cm³/mol. The van der Waals surface area contributed by atoms with Crippen molar-refractivity contribution in [3.63, 3.8) is 0 Å². The molecule has 144 valence electrons. The van der Waals surface area contributed by atoms with E-state index in [0.717, 1.165) is 31.6 Å². The Morgan fingerprint density at radius 2 is 2.00 bits per heavy atom. The topological polar surface area (TPSA) is 66.3 Å². The second kappa shape index (κ2) is 6.49. The number of halogens is 1. The fraction of sp³-hybridized carbons (Fsp3) is 0.350. The van der Waals surface area contributed by atoms with Crippen LogP contribution in [0.1, 0.15) is 29.3 Å². The third-order valence-corrected chi connectivity index (χ3v) is 6.63. The van der Waals surface area contributed by atoms with Crippen molar-refractivity contribution in [1.29, 1.82) is 0 Å². The van der Waals surface area contributed by atoms with Gasteiger partial charge in [0.2, 0.25) is 0 Å². The van der Waals surface area contributed by atoms with Crippen molar-refractivity contribution in [1.82, 2.24) is 24.3 Å². The quantitative estimate of drug-likeness (QED) is 0.562. The number of piperidine rings is 1. The lowest BCUT2D eigenvalue weighted by atomic mass is 9.95. The fourth-order valence-corrected chi connectivity index (χ4v) is 5.09. The monoisotopic (exact) mass is 397 g/mol. The Morgan fingerprint density at radius 3 is 2.79 bits per heavy atom. The fourth-order valence-electron chi connectivity index (χ4n) is 3.89. The highest BCUT2D eigenvalue weighted by Gasteiger charge is 2.22. The van der Waals surface area contributed by atoms with Crippen LogP contribution < -0.4 is 5.56 Å². The Balaban J connectivity index is 1.58. The molecule has 5 rings (SSSR count). The molecule has 8 heteroatoms. The van der Waals surface area contributed by atoms with E-state index in [1.54, 1.807) is 28.1 Å². The number of pyridine rings is 1. The first-order chi connectivity index (χ1) is 13.5. The first-order valence-corrected chi connectivity index (χ1v) is 10.2. The number of aromatic amines is 1. The van der Waals surface area contributed by atoms with Crippen LogP contribution in [0.5, 0.6) is 0 Å². The maximum absolute atomic E-state index is 14.4. The summed E-state index contributed by atoms with van der Waals surface area (Å²) in [7, 11) is 2.14. The zero-order chi connectivity index (χ0) is 19.4. The molecule has 1 fully saturated rings. The minimum Gasteiger partial charge on any atom is -0.306 e. The highest BCUT2D eigenvalue weighted by atomic mass is 32.1. The van der Waals surface area contributed by atoms with Crippen molar-refractivity contribution in [2.45, 2.75) is 25.7 Å². The van der Waals surface area contributed by atoms with Gasteiger partial charge in [-0.05, 0) is 58.0 Å². The molecule has 1 aliphatic heterocycles. The number of fused-ring (bicyclic) bond motifs is 2. The summed E-state index contributed by atoms with van der Waals surface area (Å²) in [5, 5.41) is 0.614. The van der Waals surface area contributed by atoms with E-state index in [1.807, 2.05) is 13.0 Å². The lowest BCUT2D eigenvalue weighted by molar-refractivity contribution is 0.257. The van der Waals surface area contributed by atoms with Gasteiger partial charge >= 0.3 is 0 Å². The van der Waals surface area contributed by atoms with Crippen LogP contribution in [0.2, 0.25) is 0 Å². The second-order valence-electron chi connectivity index (χ2n) is 7.55. The van der Waals surface area contributed by atoms with Crippen molar-refractivity contribution < 1.29 is 4.39 Å². The minimum atomic E-state index is -0.438. The summed E-state index contributed by atoms with van der Waals surface area (Å²) in [6.07, 6.45) is 5.68. The van der Waals surface area contributed by atoms with E-state index in [1.165, 1.54) is 10.9 Å². The number of nitrogens with one attached hydrogen (secondary N) is 1. The average molecular weight is 397 g/mol. The molecule has 1 aliphatic rings. The Morgan fingerprint density at radius 1 is 1.21 bits per heavy atom. The maximum atomic E-state index is 14.4. The summed E-state index contributed by atoms with van der Waals surface area (Å²) < 4.78 is 16.1. The largest absolute Gasteiger partial charge is 0.306 e. The lowest BCUT2D eigenvalue weighted by Crippen LogP contribution is -2.28. The number of rotatable bonds is 2. The molecule has 1 saturated heterocycles. The van der Waals surface area contributed by atoms with Crippen molar-refractivity contribution in [2.24, 2.45) is 0 Å². The number of imidazole rings is 1. The molecule has 0 amide bonds. The van der Waals surface area contributed by atoms with E-state index in [-0.39, 0.29) is 11.2 Å². The predicted octanol–water partition coefficient (Wildman–Crippen LogP) is 3.56. The summed E-state index contributed by atoms with van der Waals surface area (Å²) in [5.41, 5.74) is 1.34. The first kappa shape index (κ1) is 17.5. The van der Waals surface area contributed by atoms with Crippen LogP contribution in [-0.2, 0) is 0 Å². The van der Waals surface area contributed by atoms with Gasteiger partial charge < -0.3 is 14.3 Å². The van der Waals surface area contributed by atoms with Gasteiger partial charge in [0.1, 0.15) is 10.7 Å². The molecule has 0 radical (unpaired) electrons. The van der Waals surface area contributed by atoms with Gasteiger partial charge in [-0.2, -0.15) is 0 Å². The third kappa shape index (κ3) is 2.93. The van der Waals surface area contributed by atoms with Crippen LogP contribution >= 0.6 is 11.3 Å². The molecule has 5 heterocycles. The molecule has 6 nitrogen and oxygen atoms in total. The highest BCUT2D eigenvalue weighted by Crippen LogP contribution is 2.35. The molecule has 0 unspecified atom stereocenters. The summed E-state index contributed by atoms with van der Waals surface area (Å²) in [5.74, 6) is 0.411. The van der Waals surface area contributed by atoms with Gasteiger partial charge in [0, 0.05) is 22.8 Å². The Labute approximate surface area is 164 Å². The molecule has 0 aromatic carbocycles. The Bertz CT molecular complexity index is 1250. The summed E-state index contributed by atoms with van der Waals surface area (Å²) in [6, 6.07) is 3.35. The van der Waals surface area contributed by atoms with Gasteiger partial charge in [0.05, 0.1) is 11.1 Å². The van der Waals surface area contributed by atoms with Gasteiger partial charge in [0.25, 0.3) is 5.56 Å². The number of thiophene rings is 1. The van der Waals surface area contributed by atoms with Crippen molar-refractivity contribution >= 4 is 27.2 Å². The molecule has 0 atom stereocenters. The second-order valence-corrected chi connectivity index (χ2v) is 8.61. The SMILES string of the molecule is Cc1cn2cc(-c3nc4sc(C5CCN(C)CC5)cc4c(=O)[nH]3)cc(F)c2n1. The number of aryl methyl sites for hydroxylation is 1. The van der Waals surface area contributed by atoms with Crippen LogP contribution in [0.3, 0.4) is 0 Å². The Hall–Kier alpha value is -2.58. The zero-order valence-corrected chi connectivity index (χ0v) is 16.5. The van der Waals surface area contributed by atoms with Crippen molar-refractivity contribution in [3.8, 4) is 11.4 Å². The smallest absolute Gasteiger partial charge is 0.259 e. The molecular weight excluding hydrogens is 377 g/mol. The van der Waals surface area contributed by atoms with E-state index in [9.17, 15) is 9.18 Å². The van der Waals surface area contributed by atoms with Crippen LogP contribution in [0.15, 0.2) is 29.3 Å². The van der Waals surface area contributed by atoms with Gasteiger partial charge in [-0.25, -0.2) is 14.4 Å². The third-order valence-electron chi connectivity index (χ3n) is 5.44. The molecule has 4 aromatic rings. The number of nitrogens with zero attached hydrogens (tertiary/aromatic N) is 4. The van der Waals surface area contributed by atoms with E-state index >= 15 is 0 Å². The maximum Gasteiger partial charge on any atom is 0.259 e. The number of H-pyrrole nitrogens is 1. The standard InChI is InChI=1S/C20H20FN5OS/c1-11-9-26-10-13(7-15(21)18(26)22-11)17-23-19(27)14-8-16(28-20(14)24-17)12-3-5-25(2)6-4-12/h7-10,12H,3-6H2,1-2H3,(H,23,24,27). The molecule has 1 N–H and O–H groups in total. The summed E-state index contributed by atoms with van der Waals surface area (Å²) in [4.78, 5) is 28.5. The van der Waals surface area contributed by atoms with E-state index in [4.69, 9.17) is 0 Å². The van der Waals surface area contributed by atoms with Crippen LogP contribution in [0, 0.1) is 12.7 Å². The molecule has 4 aromatic heterocycles. The van der Waals surface area contributed by atoms with Gasteiger partial charge in [-0.3, -0.25) is 4.79 Å². The molecule has 0 saturated carbocycles. The Kier molecular flexibility index (Phi) is 4.06. The number of hydrogen-bond acceptors (Lipinski definition) is 5.